The average Bonchev–Trinajstić information content (AvgIpc) is 2.87. The molecule has 6 nitrogen and oxygen atoms in total. The molecule has 0 saturated heterocycles. The molecule has 0 spiro atoms. The zero-order chi connectivity index (χ0) is 12.4. The molecular weight excluding hydrogens is 222 g/mol. The van der Waals surface area contributed by atoms with Gasteiger partial charge in [-0.15, -0.1) is 0 Å². The van der Waals surface area contributed by atoms with Gasteiger partial charge in [-0.3, -0.25) is 0 Å². The number of hydrogen-bond donors (Lipinski definition) is 0. The Kier molecular flexibility index (Phi) is 2.95. The summed E-state index contributed by atoms with van der Waals surface area (Å²) in [6.07, 6.45) is 1.49. The van der Waals surface area contributed by atoms with Crippen LogP contribution in [-0.4, -0.2) is 27.8 Å². The third-order valence-electron chi connectivity index (χ3n) is 2.45. The molecule has 0 fully saturated rings. The van der Waals surface area contributed by atoms with E-state index in [1.807, 2.05) is 19.9 Å². The van der Waals surface area contributed by atoms with E-state index in [1.165, 1.54) is 13.3 Å². The molecule has 0 saturated carbocycles. The summed E-state index contributed by atoms with van der Waals surface area (Å²) in [6.45, 7) is 4.07. The number of imidazole rings is 1. The second kappa shape index (κ2) is 4.40. The van der Waals surface area contributed by atoms with E-state index < -0.39 is 5.97 Å². The van der Waals surface area contributed by atoms with Gasteiger partial charge in [0.25, 0.3) is 0 Å². The van der Waals surface area contributed by atoms with Crippen molar-refractivity contribution in [1.82, 2.24) is 14.7 Å². The number of hydrogen-bond acceptors (Lipinski definition) is 5. The summed E-state index contributed by atoms with van der Waals surface area (Å²) >= 11 is 0. The van der Waals surface area contributed by atoms with Crippen molar-refractivity contribution in [2.75, 3.05) is 7.11 Å². The Morgan fingerprint density at radius 2 is 2.29 bits per heavy atom. The Morgan fingerprint density at radius 1 is 1.53 bits per heavy atom. The first-order valence-corrected chi connectivity index (χ1v) is 5.14. The van der Waals surface area contributed by atoms with Gasteiger partial charge in [-0.25, -0.2) is 9.78 Å². The van der Waals surface area contributed by atoms with Crippen LogP contribution in [0.2, 0.25) is 0 Å². The van der Waals surface area contributed by atoms with Crippen LogP contribution in [0.1, 0.15) is 27.8 Å². The van der Waals surface area contributed by atoms with Crippen LogP contribution >= 0.6 is 0 Å². The molecule has 0 aliphatic heterocycles. The van der Waals surface area contributed by atoms with Gasteiger partial charge in [-0.2, -0.15) is 0 Å². The number of aryl methyl sites for hydroxylation is 2. The summed E-state index contributed by atoms with van der Waals surface area (Å²) in [6, 6.07) is 1.82. The van der Waals surface area contributed by atoms with E-state index in [-0.39, 0.29) is 0 Å². The molecule has 0 aliphatic carbocycles. The van der Waals surface area contributed by atoms with Crippen LogP contribution in [0, 0.1) is 13.8 Å². The van der Waals surface area contributed by atoms with E-state index in [0.29, 0.717) is 12.2 Å². The van der Waals surface area contributed by atoms with Crippen molar-refractivity contribution in [1.29, 1.82) is 0 Å². The molecule has 2 aromatic heterocycles. The first-order valence-electron chi connectivity index (χ1n) is 5.14. The molecule has 0 atom stereocenters. The molecule has 17 heavy (non-hydrogen) atoms. The zero-order valence-corrected chi connectivity index (χ0v) is 9.93. The van der Waals surface area contributed by atoms with Crippen molar-refractivity contribution < 1.29 is 14.1 Å². The van der Waals surface area contributed by atoms with Crippen molar-refractivity contribution in [3.8, 4) is 0 Å². The van der Waals surface area contributed by atoms with Gasteiger partial charge in [-0.05, 0) is 13.8 Å². The van der Waals surface area contributed by atoms with Crippen molar-refractivity contribution in [3.05, 3.63) is 35.2 Å². The predicted molar refractivity (Wildman–Crippen MR) is 58.6 cm³/mol. The number of aromatic nitrogens is 3. The second-order valence-electron chi connectivity index (χ2n) is 3.70. The van der Waals surface area contributed by atoms with Gasteiger partial charge >= 0.3 is 5.97 Å². The minimum absolute atomic E-state index is 0.408. The summed E-state index contributed by atoms with van der Waals surface area (Å²) in [5, 5.41) is 3.88. The Balaban J connectivity index is 2.31. The van der Waals surface area contributed by atoms with E-state index in [9.17, 15) is 4.79 Å². The van der Waals surface area contributed by atoms with Gasteiger partial charge in [0.2, 0.25) is 0 Å². The fourth-order valence-corrected chi connectivity index (χ4v) is 1.59. The van der Waals surface area contributed by atoms with E-state index in [4.69, 9.17) is 4.52 Å². The van der Waals surface area contributed by atoms with Gasteiger partial charge < -0.3 is 13.8 Å². The quantitative estimate of drug-likeness (QED) is 0.750. The normalized spacial score (nSPS) is 10.5. The lowest BCUT2D eigenvalue weighted by Gasteiger charge is -2.06. The zero-order valence-electron chi connectivity index (χ0n) is 9.93. The fraction of sp³-hybridized carbons (Fsp3) is 0.364. The van der Waals surface area contributed by atoms with Crippen LogP contribution in [-0.2, 0) is 11.3 Å². The van der Waals surface area contributed by atoms with Crippen LogP contribution in [0.5, 0.6) is 0 Å². The number of rotatable bonds is 3. The Labute approximate surface area is 98.2 Å². The average molecular weight is 235 g/mol. The van der Waals surface area contributed by atoms with Crippen molar-refractivity contribution in [2.45, 2.75) is 20.4 Å². The highest BCUT2D eigenvalue weighted by Crippen LogP contribution is 2.11. The molecule has 0 bridgehead atoms. The number of ether oxygens (including phenoxy) is 1. The van der Waals surface area contributed by atoms with Gasteiger partial charge in [-0.1, -0.05) is 5.16 Å². The highest BCUT2D eigenvalue weighted by Gasteiger charge is 2.16. The molecule has 6 heteroatoms. The third-order valence-corrected chi connectivity index (χ3v) is 2.45. The van der Waals surface area contributed by atoms with Gasteiger partial charge in [0.05, 0.1) is 19.9 Å². The molecular formula is C11H13N3O3. The van der Waals surface area contributed by atoms with Crippen molar-refractivity contribution in [3.63, 3.8) is 0 Å². The summed E-state index contributed by atoms with van der Waals surface area (Å²) in [5.74, 6) is 1.05. The highest BCUT2D eigenvalue weighted by atomic mass is 16.5. The lowest BCUT2D eigenvalue weighted by atomic mass is 10.3. The third kappa shape index (κ3) is 2.20. The standard InChI is InChI=1S/C11H13N3O3/c1-7-4-9(13-17-7)6-14-8(2)12-5-10(14)11(15)16-3/h4-5H,6H2,1-3H3. The molecule has 0 aromatic carbocycles. The Hall–Kier alpha value is -2.11. The summed E-state index contributed by atoms with van der Waals surface area (Å²) in [4.78, 5) is 15.6. The molecule has 0 radical (unpaired) electrons. The smallest absolute Gasteiger partial charge is 0.356 e. The summed E-state index contributed by atoms with van der Waals surface area (Å²) in [7, 11) is 1.34. The van der Waals surface area contributed by atoms with Gasteiger partial charge in [0.15, 0.2) is 0 Å². The van der Waals surface area contributed by atoms with Crippen LogP contribution in [0.25, 0.3) is 0 Å². The molecule has 0 N–H and O–H groups in total. The second-order valence-corrected chi connectivity index (χ2v) is 3.70. The largest absolute Gasteiger partial charge is 0.464 e. The Bertz CT molecular complexity index is 542. The molecule has 0 aliphatic rings. The van der Waals surface area contributed by atoms with Crippen molar-refractivity contribution >= 4 is 5.97 Å². The number of methoxy groups -OCH3 is 1. The number of esters is 1. The van der Waals surface area contributed by atoms with E-state index in [1.54, 1.807) is 4.57 Å². The summed E-state index contributed by atoms with van der Waals surface area (Å²) < 4.78 is 11.4. The SMILES string of the molecule is COC(=O)c1cnc(C)n1Cc1cc(C)on1. The molecule has 2 rings (SSSR count). The lowest BCUT2D eigenvalue weighted by molar-refractivity contribution is 0.0588. The number of carbonyl (C=O) groups excluding carboxylic acids is 1. The topological polar surface area (TPSA) is 70.2 Å². The minimum atomic E-state index is -0.411. The van der Waals surface area contributed by atoms with Crippen LogP contribution in [0.15, 0.2) is 16.8 Å². The Morgan fingerprint density at radius 3 is 2.88 bits per heavy atom. The van der Waals surface area contributed by atoms with Gasteiger partial charge in [0, 0.05) is 6.07 Å². The first-order chi connectivity index (χ1) is 8.11. The lowest BCUT2D eigenvalue weighted by Crippen LogP contribution is -2.12. The molecule has 0 amide bonds. The molecule has 90 valence electrons. The first kappa shape index (κ1) is 11.4. The summed E-state index contributed by atoms with van der Waals surface area (Å²) in [5.41, 5.74) is 1.15. The highest BCUT2D eigenvalue weighted by molar-refractivity contribution is 5.87. The predicted octanol–water partition coefficient (Wildman–Crippen LogP) is 1.32. The maximum Gasteiger partial charge on any atom is 0.356 e. The van der Waals surface area contributed by atoms with E-state index >= 15 is 0 Å². The van der Waals surface area contributed by atoms with Gasteiger partial charge in [0.1, 0.15) is 23.0 Å². The maximum atomic E-state index is 11.5. The van der Waals surface area contributed by atoms with E-state index in [0.717, 1.165) is 17.3 Å². The molecule has 0 unspecified atom stereocenters. The van der Waals surface area contributed by atoms with E-state index in [2.05, 4.69) is 14.9 Å². The number of carbonyl (C=O) groups is 1. The number of nitrogens with zero attached hydrogens (tertiary/aromatic N) is 3. The fourth-order valence-electron chi connectivity index (χ4n) is 1.59. The molecule has 2 heterocycles. The van der Waals surface area contributed by atoms with Crippen LogP contribution in [0.3, 0.4) is 0 Å². The minimum Gasteiger partial charge on any atom is -0.464 e. The van der Waals surface area contributed by atoms with Crippen molar-refractivity contribution in [2.24, 2.45) is 0 Å². The molecule has 2 aromatic rings. The van der Waals surface area contributed by atoms with Crippen LogP contribution < -0.4 is 0 Å². The maximum absolute atomic E-state index is 11.5. The monoisotopic (exact) mass is 235 g/mol. The van der Waals surface area contributed by atoms with Crippen LogP contribution in [0.4, 0.5) is 0 Å².